The van der Waals surface area contributed by atoms with E-state index in [4.69, 9.17) is 0 Å². The first-order valence-electron chi connectivity index (χ1n) is 6.43. The zero-order chi connectivity index (χ0) is 13.9. The van der Waals surface area contributed by atoms with Gasteiger partial charge in [-0.2, -0.15) is 0 Å². The molecule has 1 N–H and O–H groups in total. The zero-order valence-corrected chi connectivity index (χ0v) is 11.7. The Bertz CT molecular complexity index is 523. The van der Waals surface area contributed by atoms with Gasteiger partial charge in [0, 0.05) is 24.5 Å². The highest BCUT2D eigenvalue weighted by molar-refractivity contribution is 5.17. The van der Waals surface area contributed by atoms with Crippen molar-refractivity contribution in [3.05, 3.63) is 53.9 Å². The first-order valence-corrected chi connectivity index (χ1v) is 6.43. The normalized spacial score (nSPS) is 11.8. The molecule has 3 nitrogen and oxygen atoms in total. The number of rotatable bonds is 4. The number of nitrogens with zero attached hydrogens (tertiary/aromatic N) is 2. The van der Waals surface area contributed by atoms with E-state index in [1.54, 1.807) is 18.3 Å². The number of hydrogen-bond acceptors (Lipinski definition) is 2. The molecule has 4 heteroatoms. The van der Waals surface area contributed by atoms with Crippen molar-refractivity contribution in [3.63, 3.8) is 0 Å². The van der Waals surface area contributed by atoms with Crippen LogP contribution >= 0.6 is 0 Å². The standard InChI is InChI=1S/C15H20FN3/c1-15(2,3)18-10-14-17-8-9-19(14)11-12-4-6-13(16)7-5-12/h4-9,18H,10-11H2,1-3H3. The van der Waals surface area contributed by atoms with Crippen molar-refractivity contribution < 1.29 is 4.39 Å². The number of nitrogens with one attached hydrogen (secondary N) is 1. The summed E-state index contributed by atoms with van der Waals surface area (Å²) in [4.78, 5) is 4.36. The smallest absolute Gasteiger partial charge is 0.123 e. The van der Waals surface area contributed by atoms with Gasteiger partial charge in [0.2, 0.25) is 0 Å². The minimum absolute atomic E-state index is 0.0622. The van der Waals surface area contributed by atoms with E-state index >= 15 is 0 Å². The minimum atomic E-state index is -0.205. The van der Waals surface area contributed by atoms with Crippen molar-refractivity contribution in [1.82, 2.24) is 14.9 Å². The molecule has 0 saturated carbocycles. The number of hydrogen-bond donors (Lipinski definition) is 1. The van der Waals surface area contributed by atoms with Crippen LogP contribution in [0.25, 0.3) is 0 Å². The number of benzene rings is 1. The van der Waals surface area contributed by atoms with E-state index < -0.39 is 0 Å². The van der Waals surface area contributed by atoms with E-state index in [1.165, 1.54) is 12.1 Å². The fraction of sp³-hybridized carbons (Fsp3) is 0.400. The summed E-state index contributed by atoms with van der Waals surface area (Å²) >= 11 is 0. The Kier molecular flexibility index (Phi) is 4.00. The van der Waals surface area contributed by atoms with Gasteiger partial charge in [-0.15, -0.1) is 0 Å². The molecule has 0 aliphatic rings. The first kappa shape index (κ1) is 13.7. The van der Waals surface area contributed by atoms with Gasteiger partial charge in [0.15, 0.2) is 0 Å². The molecule has 0 radical (unpaired) electrons. The molecule has 0 saturated heterocycles. The van der Waals surface area contributed by atoms with Gasteiger partial charge in [0.05, 0.1) is 6.54 Å². The van der Waals surface area contributed by atoms with Crippen LogP contribution in [0.15, 0.2) is 36.7 Å². The van der Waals surface area contributed by atoms with Crippen LogP contribution in [0.2, 0.25) is 0 Å². The highest BCUT2D eigenvalue weighted by atomic mass is 19.1. The second-order valence-electron chi connectivity index (χ2n) is 5.70. The third-order valence-corrected chi connectivity index (χ3v) is 2.84. The highest BCUT2D eigenvalue weighted by Crippen LogP contribution is 2.08. The van der Waals surface area contributed by atoms with Crippen molar-refractivity contribution in [2.75, 3.05) is 0 Å². The van der Waals surface area contributed by atoms with Crippen LogP contribution in [-0.4, -0.2) is 15.1 Å². The van der Waals surface area contributed by atoms with E-state index in [-0.39, 0.29) is 11.4 Å². The fourth-order valence-corrected chi connectivity index (χ4v) is 1.78. The van der Waals surface area contributed by atoms with E-state index in [2.05, 4.69) is 35.6 Å². The third kappa shape index (κ3) is 4.17. The number of imidazole rings is 1. The summed E-state index contributed by atoms with van der Waals surface area (Å²) in [6.07, 6.45) is 3.74. The fourth-order valence-electron chi connectivity index (χ4n) is 1.78. The van der Waals surface area contributed by atoms with Gasteiger partial charge in [0.1, 0.15) is 11.6 Å². The predicted molar refractivity (Wildman–Crippen MR) is 74.3 cm³/mol. The van der Waals surface area contributed by atoms with E-state index in [0.717, 1.165) is 17.9 Å². The molecule has 0 atom stereocenters. The molecule has 1 aromatic heterocycles. The second-order valence-corrected chi connectivity index (χ2v) is 5.70. The molecule has 2 aromatic rings. The Morgan fingerprint density at radius 3 is 2.53 bits per heavy atom. The van der Waals surface area contributed by atoms with Crippen LogP contribution in [0.4, 0.5) is 4.39 Å². The van der Waals surface area contributed by atoms with E-state index in [9.17, 15) is 4.39 Å². The summed E-state index contributed by atoms with van der Waals surface area (Å²) in [5.74, 6) is 0.781. The summed E-state index contributed by atoms with van der Waals surface area (Å²) in [6.45, 7) is 7.81. The van der Waals surface area contributed by atoms with Gasteiger partial charge in [-0.1, -0.05) is 12.1 Å². The van der Waals surface area contributed by atoms with Crippen LogP contribution in [0.5, 0.6) is 0 Å². The maximum absolute atomic E-state index is 12.9. The van der Waals surface area contributed by atoms with Crippen molar-refractivity contribution in [2.24, 2.45) is 0 Å². The van der Waals surface area contributed by atoms with Crippen molar-refractivity contribution in [2.45, 2.75) is 39.4 Å². The summed E-state index contributed by atoms with van der Waals surface area (Å²) < 4.78 is 14.9. The average Bonchev–Trinajstić information content (AvgIpc) is 2.76. The Hall–Kier alpha value is -1.68. The maximum atomic E-state index is 12.9. The Morgan fingerprint density at radius 2 is 1.89 bits per heavy atom. The SMILES string of the molecule is CC(C)(C)NCc1nccn1Cc1ccc(F)cc1. The number of aromatic nitrogens is 2. The summed E-state index contributed by atoms with van der Waals surface area (Å²) in [5, 5.41) is 3.42. The average molecular weight is 261 g/mol. The van der Waals surface area contributed by atoms with Gasteiger partial charge in [-0.25, -0.2) is 9.37 Å². The molecule has 0 aliphatic heterocycles. The Morgan fingerprint density at radius 1 is 1.21 bits per heavy atom. The molecule has 0 aliphatic carbocycles. The first-order chi connectivity index (χ1) is 8.94. The van der Waals surface area contributed by atoms with Crippen LogP contribution < -0.4 is 5.32 Å². The number of halogens is 1. The molecule has 0 fully saturated rings. The lowest BCUT2D eigenvalue weighted by Gasteiger charge is -2.20. The van der Waals surface area contributed by atoms with Gasteiger partial charge in [-0.05, 0) is 38.5 Å². The highest BCUT2D eigenvalue weighted by Gasteiger charge is 2.11. The third-order valence-electron chi connectivity index (χ3n) is 2.84. The lowest BCUT2D eigenvalue weighted by Crippen LogP contribution is -2.36. The van der Waals surface area contributed by atoms with Crippen LogP contribution in [-0.2, 0) is 13.1 Å². The second kappa shape index (κ2) is 5.53. The van der Waals surface area contributed by atoms with Crippen molar-refractivity contribution in [1.29, 1.82) is 0 Å². The molecule has 0 unspecified atom stereocenters. The van der Waals surface area contributed by atoms with Crippen molar-refractivity contribution in [3.8, 4) is 0 Å². The largest absolute Gasteiger partial charge is 0.329 e. The molecular weight excluding hydrogens is 241 g/mol. The summed E-state index contributed by atoms with van der Waals surface area (Å²) in [7, 11) is 0. The molecule has 1 aromatic carbocycles. The van der Waals surface area contributed by atoms with E-state index in [1.807, 2.05) is 6.20 Å². The quantitative estimate of drug-likeness (QED) is 0.917. The molecule has 0 bridgehead atoms. The molecule has 0 amide bonds. The molecule has 0 spiro atoms. The molecule has 102 valence electrons. The molecule has 1 heterocycles. The minimum Gasteiger partial charge on any atom is -0.329 e. The van der Waals surface area contributed by atoms with E-state index in [0.29, 0.717) is 6.54 Å². The maximum Gasteiger partial charge on any atom is 0.123 e. The van der Waals surface area contributed by atoms with Gasteiger partial charge in [0.25, 0.3) is 0 Å². The molecular formula is C15H20FN3. The van der Waals surface area contributed by atoms with Crippen LogP contribution in [0.1, 0.15) is 32.2 Å². The topological polar surface area (TPSA) is 29.9 Å². The van der Waals surface area contributed by atoms with Gasteiger partial charge < -0.3 is 9.88 Å². The lowest BCUT2D eigenvalue weighted by atomic mass is 10.1. The summed E-state index contributed by atoms with van der Waals surface area (Å²) in [5.41, 5.74) is 1.13. The van der Waals surface area contributed by atoms with Crippen LogP contribution in [0, 0.1) is 5.82 Å². The predicted octanol–water partition coefficient (Wildman–Crippen LogP) is 2.96. The van der Waals surface area contributed by atoms with Gasteiger partial charge in [-0.3, -0.25) is 0 Å². The monoisotopic (exact) mass is 261 g/mol. The molecule has 2 rings (SSSR count). The van der Waals surface area contributed by atoms with Crippen molar-refractivity contribution >= 4 is 0 Å². The summed E-state index contributed by atoms with van der Waals surface area (Å²) in [6, 6.07) is 6.57. The van der Waals surface area contributed by atoms with Gasteiger partial charge >= 0.3 is 0 Å². The Labute approximate surface area is 113 Å². The molecule has 19 heavy (non-hydrogen) atoms. The Balaban J connectivity index is 2.05. The zero-order valence-electron chi connectivity index (χ0n) is 11.7. The van der Waals surface area contributed by atoms with Crippen LogP contribution in [0.3, 0.4) is 0 Å². The lowest BCUT2D eigenvalue weighted by molar-refractivity contribution is 0.413.